The molecule has 0 fully saturated rings. The van der Waals surface area contributed by atoms with E-state index in [-0.39, 0.29) is 12.2 Å². The van der Waals surface area contributed by atoms with Crippen molar-refractivity contribution >= 4 is 11.8 Å². The number of carbonyl (C=O) groups excluding carboxylic acids is 1. The van der Waals surface area contributed by atoms with Crippen molar-refractivity contribution in [3.05, 3.63) is 46.9 Å². The molecule has 1 aromatic heterocycles. The highest BCUT2D eigenvalue weighted by atomic mass is 16.5. The van der Waals surface area contributed by atoms with Gasteiger partial charge in [0.2, 0.25) is 0 Å². The highest BCUT2D eigenvalue weighted by molar-refractivity contribution is 6.01. The molecule has 2 rings (SSSR count). The summed E-state index contributed by atoms with van der Waals surface area (Å²) in [6.07, 6.45) is 1.51. The fourth-order valence-electron chi connectivity index (χ4n) is 3.48. The largest absolute Gasteiger partial charge is 0.496 e. The summed E-state index contributed by atoms with van der Waals surface area (Å²) in [4.78, 5) is 24.5. The van der Waals surface area contributed by atoms with Crippen LogP contribution in [0.25, 0.3) is 0 Å². The van der Waals surface area contributed by atoms with Crippen LogP contribution in [-0.2, 0) is 11.2 Å². The third kappa shape index (κ3) is 6.58. The predicted molar refractivity (Wildman–Crippen MR) is 120 cm³/mol. The standard InChI is InChI=1S/C24H33NO7/c1-15-7-8-18(32-15)9-10-19(25-12-6-11-24(3,29)23(27)28)22(26)17-13-20(30-4)16(2)21(14-17)31-5/h7-8,13-14,19,25,29H,6,9-12H2,1-5H3,(H,27,28). The number of benzene rings is 1. The van der Waals surface area contributed by atoms with Gasteiger partial charge in [-0.05, 0) is 70.8 Å². The first kappa shape index (κ1) is 25.4. The number of carboxylic acid groups (broad SMARTS) is 1. The van der Waals surface area contributed by atoms with Crippen molar-refractivity contribution < 1.29 is 33.7 Å². The van der Waals surface area contributed by atoms with Gasteiger partial charge in [0, 0.05) is 17.5 Å². The molecular weight excluding hydrogens is 414 g/mol. The highest BCUT2D eigenvalue weighted by Gasteiger charge is 2.29. The van der Waals surface area contributed by atoms with E-state index in [0.29, 0.717) is 42.9 Å². The molecule has 3 N–H and O–H groups in total. The number of aliphatic hydroxyl groups is 1. The smallest absolute Gasteiger partial charge is 0.335 e. The van der Waals surface area contributed by atoms with Gasteiger partial charge in [0.25, 0.3) is 0 Å². The molecule has 2 aromatic rings. The number of rotatable bonds is 13. The summed E-state index contributed by atoms with van der Waals surface area (Å²) in [7, 11) is 3.08. The van der Waals surface area contributed by atoms with Gasteiger partial charge in [-0.15, -0.1) is 0 Å². The van der Waals surface area contributed by atoms with Crippen LogP contribution in [0.4, 0.5) is 0 Å². The molecule has 8 nitrogen and oxygen atoms in total. The van der Waals surface area contributed by atoms with E-state index in [1.807, 2.05) is 26.0 Å². The lowest BCUT2D eigenvalue weighted by molar-refractivity contribution is -0.157. The van der Waals surface area contributed by atoms with E-state index in [2.05, 4.69) is 5.32 Å². The Morgan fingerprint density at radius 1 is 1.16 bits per heavy atom. The lowest BCUT2D eigenvalue weighted by Gasteiger charge is -2.21. The van der Waals surface area contributed by atoms with Crippen molar-refractivity contribution in [3.63, 3.8) is 0 Å². The summed E-state index contributed by atoms with van der Waals surface area (Å²) in [5.74, 6) is 1.32. The normalized spacial score (nSPS) is 13.9. The molecule has 1 aromatic carbocycles. The van der Waals surface area contributed by atoms with E-state index in [1.54, 1.807) is 26.4 Å². The Morgan fingerprint density at radius 3 is 2.28 bits per heavy atom. The van der Waals surface area contributed by atoms with Gasteiger partial charge in [-0.1, -0.05) is 0 Å². The summed E-state index contributed by atoms with van der Waals surface area (Å²) in [5.41, 5.74) is -0.544. The molecule has 0 saturated carbocycles. The molecule has 1 heterocycles. The maximum Gasteiger partial charge on any atom is 0.335 e. The number of nitrogens with one attached hydrogen (secondary N) is 1. The second-order valence-electron chi connectivity index (χ2n) is 8.11. The molecule has 176 valence electrons. The number of Topliss-reactive ketones (excluding diaryl/α,β-unsaturated/α-hetero) is 1. The molecule has 0 aliphatic carbocycles. The molecule has 8 heteroatoms. The molecule has 0 aliphatic heterocycles. The zero-order valence-electron chi connectivity index (χ0n) is 19.4. The third-order valence-corrected chi connectivity index (χ3v) is 5.52. The third-order valence-electron chi connectivity index (χ3n) is 5.52. The van der Waals surface area contributed by atoms with Crippen LogP contribution in [0.2, 0.25) is 0 Å². The molecule has 0 bridgehead atoms. The molecule has 0 amide bonds. The van der Waals surface area contributed by atoms with Crippen LogP contribution >= 0.6 is 0 Å². The second-order valence-corrected chi connectivity index (χ2v) is 8.11. The van der Waals surface area contributed by atoms with Crippen LogP contribution < -0.4 is 14.8 Å². The molecule has 2 unspecified atom stereocenters. The first-order chi connectivity index (χ1) is 15.1. The minimum atomic E-state index is -1.80. The van der Waals surface area contributed by atoms with Gasteiger partial charge in [0.05, 0.1) is 20.3 Å². The van der Waals surface area contributed by atoms with Crippen LogP contribution in [0.1, 0.15) is 53.6 Å². The maximum atomic E-state index is 13.4. The van der Waals surface area contributed by atoms with Gasteiger partial charge < -0.3 is 29.4 Å². The number of methoxy groups -OCH3 is 2. The number of aliphatic carboxylic acids is 1. The lowest BCUT2D eigenvalue weighted by Crippen LogP contribution is -2.40. The Hall–Kier alpha value is -2.84. The van der Waals surface area contributed by atoms with Crippen molar-refractivity contribution in [1.82, 2.24) is 5.32 Å². The molecule has 0 aliphatic rings. The number of ether oxygens (including phenoxy) is 2. The fourth-order valence-corrected chi connectivity index (χ4v) is 3.48. The van der Waals surface area contributed by atoms with E-state index >= 15 is 0 Å². The first-order valence-electron chi connectivity index (χ1n) is 10.6. The van der Waals surface area contributed by atoms with Gasteiger partial charge >= 0.3 is 5.97 Å². The van der Waals surface area contributed by atoms with Crippen LogP contribution in [0.5, 0.6) is 11.5 Å². The molecule has 0 saturated heterocycles. The topological polar surface area (TPSA) is 118 Å². The van der Waals surface area contributed by atoms with Crippen molar-refractivity contribution in [2.24, 2.45) is 0 Å². The average Bonchev–Trinajstić information content (AvgIpc) is 3.17. The second kappa shape index (κ2) is 11.2. The summed E-state index contributed by atoms with van der Waals surface area (Å²) in [6, 6.07) is 6.62. The number of furan rings is 1. The van der Waals surface area contributed by atoms with E-state index in [9.17, 15) is 14.7 Å². The number of carbonyl (C=O) groups is 2. The van der Waals surface area contributed by atoms with Gasteiger partial charge in [-0.2, -0.15) is 0 Å². The Kier molecular flexibility index (Phi) is 8.86. The van der Waals surface area contributed by atoms with E-state index in [4.69, 9.17) is 19.0 Å². The minimum absolute atomic E-state index is 0.0692. The summed E-state index contributed by atoms with van der Waals surface area (Å²) in [5, 5.41) is 22.2. The zero-order valence-corrected chi connectivity index (χ0v) is 19.4. The number of ketones is 1. The minimum Gasteiger partial charge on any atom is -0.496 e. The van der Waals surface area contributed by atoms with Crippen molar-refractivity contribution in [2.75, 3.05) is 20.8 Å². The quantitative estimate of drug-likeness (QED) is 0.316. The van der Waals surface area contributed by atoms with Gasteiger partial charge in [-0.25, -0.2) is 4.79 Å². The van der Waals surface area contributed by atoms with E-state index in [0.717, 1.165) is 17.1 Å². The Labute approximate surface area is 188 Å². The SMILES string of the molecule is COc1cc(C(=O)C(CCc2ccc(C)o2)NCCCC(C)(O)C(=O)O)cc(OC)c1C. The monoisotopic (exact) mass is 447 g/mol. The van der Waals surface area contributed by atoms with Crippen molar-refractivity contribution in [1.29, 1.82) is 0 Å². The molecule has 0 spiro atoms. The average molecular weight is 448 g/mol. The van der Waals surface area contributed by atoms with Crippen molar-refractivity contribution in [3.8, 4) is 11.5 Å². The fraction of sp³-hybridized carbons (Fsp3) is 0.500. The van der Waals surface area contributed by atoms with Crippen LogP contribution in [0, 0.1) is 13.8 Å². The van der Waals surface area contributed by atoms with Crippen LogP contribution in [0.3, 0.4) is 0 Å². The van der Waals surface area contributed by atoms with E-state index < -0.39 is 17.6 Å². The van der Waals surface area contributed by atoms with Crippen molar-refractivity contribution in [2.45, 2.75) is 58.1 Å². The van der Waals surface area contributed by atoms with Gasteiger partial charge in [-0.3, -0.25) is 4.79 Å². The molecular formula is C24H33NO7. The zero-order chi connectivity index (χ0) is 23.9. The Balaban J connectivity index is 2.17. The molecule has 32 heavy (non-hydrogen) atoms. The number of aryl methyl sites for hydroxylation is 2. The molecule has 2 atom stereocenters. The molecule has 0 radical (unpaired) electrons. The van der Waals surface area contributed by atoms with Gasteiger partial charge in [0.15, 0.2) is 11.4 Å². The Morgan fingerprint density at radius 2 is 1.78 bits per heavy atom. The van der Waals surface area contributed by atoms with E-state index in [1.165, 1.54) is 6.92 Å². The number of hydrogen-bond acceptors (Lipinski definition) is 7. The summed E-state index contributed by atoms with van der Waals surface area (Å²) >= 11 is 0. The number of hydrogen-bond donors (Lipinski definition) is 3. The summed E-state index contributed by atoms with van der Waals surface area (Å²) in [6.45, 7) is 5.36. The van der Waals surface area contributed by atoms with Crippen LogP contribution in [0.15, 0.2) is 28.7 Å². The predicted octanol–water partition coefficient (Wildman–Crippen LogP) is 3.30. The lowest BCUT2D eigenvalue weighted by atomic mass is 9.96. The van der Waals surface area contributed by atoms with Gasteiger partial charge in [0.1, 0.15) is 23.0 Å². The number of carboxylic acids is 1. The Bertz CT molecular complexity index is 907. The summed E-state index contributed by atoms with van der Waals surface area (Å²) < 4.78 is 16.4. The maximum absolute atomic E-state index is 13.4. The highest BCUT2D eigenvalue weighted by Crippen LogP contribution is 2.30. The first-order valence-corrected chi connectivity index (χ1v) is 10.6. The van der Waals surface area contributed by atoms with Crippen LogP contribution in [-0.4, -0.2) is 54.4 Å².